The molecule has 0 aliphatic carbocycles. The fourth-order valence-electron chi connectivity index (χ4n) is 3.50. The number of halogens is 1. The maximum absolute atomic E-state index is 15.5. The number of hydrogen-bond donors (Lipinski definition) is 3. The van der Waals surface area contributed by atoms with Gasteiger partial charge in [-0.15, -0.1) is 0 Å². The van der Waals surface area contributed by atoms with Crippen molar-refractivity contribution in [2.24, 2.45) is 0 Å². The number of nitrogens with one attached hydrogen (secondary N) is 3. The molecule has 1 aromatic carbocycles. The fraction of sp³-hybridized carbons (Fsp3) is 0.350. The van der Waals surface area contributed by atoms with E-state index in [2.05, 4.69) is 31.0 Å². The van der Waals surface area contributed by atoms with Crippen LogP contribution in [0.2, 0.25) is 0 Å². The van der Waals surface area contributed by atoms with Crippen LogP contribution in [0.25, 0.3) is 5.69 Å². The summed E-state index contributed by atoms with van der Waals surface area (Å²) >= 11 is 0. The van der Waals surface area contributed by atoms with E-state index in [-0.39, 0.29) is 17.4 Å². The molecule has 0 spiro atoms. The van der Waals surface area contributed by atoms with Crippen LogP contribution >= 0.6 is 0 Å². The second-order valence-corrected chi connectivity index (χ2v) is 6.94. The van der Waals surface area contributed by atoms with Crippen LogP contribution in [0.3, 0.4) is 0 Å². The predicted molar refractivity (Wildman–Crippen MR) is 110 cm³/mol. The van der Waals surface area contributed by atoms with E-state index in [1.807, 2.05) is 19.2 Å². The van der Waals surface area contributed by atoms with Crippen molar-refractivity contribution in [1.29, 1.82) is 0 Å². The Morgan fingerprint density at radius 3 is 2.90 bits per heavy atom. The van der Waals surface area contributed by atoms with Crippen molar-refractivity contribution in [1.82, 2.24) is 25.1 Å². The van der Waals surface area contributed by atoms with Crippen LogP contribution in [0.5, 0.6) is 5.75 Å². The van der Waals surface area contributed by atoms with Crippen molar-refractivity contribution >= 4 is 17.5 Å². The predicted octanol–water partition coefficient (Wildman–Crippen LogP) is 3.33. The van der Waals surface area contributed by atoms with Crippen LogP contribution < -0.4 is 20.7 Å². The molecule has 1 unspecified atom stereocenters. The van der Waals surface area contributed by atoms with Crippen molar-refractivity contribution in [2.45, 2.75) is 25.8 Å². The molecular weight excluding hydrogens is 373 g/mol. The highest BCUT2D eigenvalue weighted by Crippen LogP contribution is 2.33. The van der Waals surface area contributed by atoms with Gasteiger partial charge in [-0.1, -0.05) is 0 Å². The number of ether oxygens (including phenoxy) is 1. The third-order valence-corrected chi connectivity index (χ3v) is 4.95. The number of hydrogen-bond acceptors (Lipinski definition) is 7. The van der Waals surface area contributed by atoms with Crippen LogP contribution in [-0.4, -0.2) is 40.5 Å². The molecule has 1 fully saturated rings. The first-order chi connectivity index (χ1) is 14.1. The molecule has 3 aromatic rings. The number of methoxy groups -OCH3 is 1. The number of nitrogens with zero attached hydrogens (tertiary/aromatic N) is 4. The molecule has 1 aliphatic heterocycles. The van der Waals surface area contributed by atoms with Crippen LogP contribution in [0.4, 0.5) is 21.8 Å². The summed E-state index contributed by atoms with van der Waals surface area (Å²) in [6.07, 6.45) is 5.78. The molecule has 1 atom stereocenters. The Kier molecular flexibility index (Phi) is 5.30. The molecule has 0 bridgehead atoms. The Hall–Kier alpha value is -3.20. The SMILES string of the molecule is CNc1cc(C)nc(Nc2ccc(OC)c(-n3cc(C4CCCN4)cn3)c2F)n1. The summed E-state index contributed by atoms with van der Waals surface area (Å²) in [6.45, 7) is 2.84. The number of rotatable bonds is 6. The van der Waals surface area contributed by atoms with Gasteiger partial charge < -0.3 is 20.7 Å². The molecular formula is C20H24FN7O. The normalized spacial score (nSPS) is 16.1. The maximum atomic E-state index is 15.5. The molecule has 8 nitrogen and oxygen atoms in total. The van der Waals surface area contributed by atoms with Gasteiger partial charge in [0, 0.05) is 36.6 Å². The van der Waals surface area contributed by atoms with E-state index in [1.54, 1.807) is 25.4 Å². The molecule has 4 rings (SSSR count). The summed E-state index contributed by atoms with van der Waals surface area (Å²) in [5.74, 6) is 0.855. The van der Waals surface area contributed by atoms with E-state index >= 15 is 4.39 Å². The summed E-state index contributed by atoms with van der Waals surface area (Å²) in [6, 6.07) is 5.36. The minimum Gasteiger partial charge on any atom is -0.494 e. The zero-order chi connectivity index (χ0) is 20.4. The lowest BCUT2D eigenvalue weighted by molar-refractivity contribution is 0.407. The van der Waals surface area contributed by atoms with Crippen molar-refractivity contribution in [3.05, 3.63) is 47.7 Å². The van der Waals surface area contributed by atoms with E-state index < -0.39 is 5.82 Å². The Labute approximate surface area is 168 Å². The highest BCUT2D eigenvalue weighted by molar-refractivity contribution is 5.64. The standard InChI is InChI=1S/C20H24FN7O/c1-12-9-17(22-2)27-20(25-12)26-15-6-7-16(29-3)19(18(15)21)28-11-13(10-24-28)14-5-4-8-23-14/h6-7,9-11,14,23H,4-5,8H2,1-3H3,(H2,22,25,26,27). The lowest BCUT2D eigenvalue weighted by atomic mass is 10.1. The Morgan fingerprint density at radius 2 is 2.17 bits per heavy atom. The lowest BCUT2D eigenvalue weighted by Gasteiger charge is -2.14. The molecule has 3 heterocycles. The number of benzene rings is 1. The number of anilines is 3. The Balaban J connectivity index is 1.70. The molecule has 0 radical (unpaired) electrons. The second kappa shape index (κ2) is 8.04. The van der Waals surface area contributed by atoms with Crippen molar-refractivity contribution in [3.63, 3.8) is 0 Å². The van der Waals surface area contributed by atoms with E-state index in [0.29, 0.717) is 17.5 Å². The molecule has 1 saturated heterocycles. The monoisotopic (exact) mass is 397 g/mol. The van der Waals surface area contributed by atoms with Crippen molar-refractivity contribution in [2.75, 3.05) is 31.3 Å². The maximum Gasteiger partial charge on any atom is 0.229 e. The highest BCUT2D eigenvalue weighted by atomic mass is 19.1. The molecule has 0 amide bonds. The first kappa shape index (κ1) is 19.1. The average Bonchev–Trinajstić information content (AvgIpc) is 3.40. The number of aryl methyl sites for hydroxylation is 1. The van der Waals surface area contributed by atoms with Crippen LogP contribution in [-0.2, 0) is 0 Å². The average molecular weight is 397 g/mol. The Morgan fingerprint density at radius 1 is 1.31 bits per heavy atom. The molecule has 0 saturated carbocycles. The van der Waals surface area contributed by atoms with Gasteiger partial charge in [-0.2, -0.15) is 10.1 Å². The van der Waals surface area contributed by atoms with E-state index in [0.717, 1.165) is 30.6 Å². The molecule has 3 N–H and O–H groups in total. The topological polar surface area (TPSA) is 88.9 Å². The van der Waals surface area contributed by atoms with Gasteiger partial charge in [-0.25, -0.2) is 14.1 Å². The third-order valence-electron chi connectivity index (χ3n) is 4.95. The first-order valence-corrected chi connectivity index (χ1v) is 9.54. The van der Waals surface area contributed by atoms with Gasteiger partial charge in [0.05, 0.1) is 19.0 Å². The fourth-order valence-corrected chi connectivity index (χ4v) is 3.50. The van der Waals surface area contributed by atoms with E-state index in [1.165, 1.54) is 11.8 Å². The zero-order valence-electron chi connectivity index (χ0n) is 16.7. The second-order valence-electron chi connectivity index (χ2n) is 6.94. The largest absolute Gasteiger partial charge is 0.494 e. The van der Waals surface area contributed by atoms with Gasteiger partial charge in [-0.05, 0) is 38.4 Å². The summed E-state index contributed by atoms with van der Waals surface area (Å²) in [7, 11) is 3.28. The summed E-state index contributed by atoms with van der Waals surface area (Å²) in [5.41, 5.74) is 2.28. The van der Waals surface area contributed by atoms with Crippen LogP contribution in [0, 0.1) is 12.7 Å². The zero-order valence-corrected chi connectivity index (χ0v) is 16.7. The molecule has 1 aliphatic rings. The van der Waals surface area contributed by atoms with Gasteiger partial charge in [-0.3, -0.25) is 0 Å². The van der Waals surface area contributed by atoms with Crippen LogP contribution in [0.15, 0.2) is 30.6 Å². The number of aromatic nitrogens is 4. The van der Waals surface area contributed by atoms with E-state index in [9.17, 15) is 0 Å². The first-order valence-electron chi connectivity index (χ1n) is 9.54. The third kappa shape index (κ3) is 3.86. The minimum absolute atomic E-state index is 0.239. The van der Waals surface area contributed by atoms with Gasteiger partial charge >= 0.3 is 0 Å². The van der Waals surface area contributed by atoms with Crippen molar-refractivity contribution in [3.8, 4) is 11.4 Å². The molecule has 152 valence electrons. The summed E-state index contributed by atoms with van der Waals surface area (Å²) in [4.78, 5) is 8.66. The van der Waals surface area contributed by atoms with Gasteiger partial charge in [0.2, 0.25) is 5.95 Å². The quantitative estimate of drug-likeness (QED) is 0.588. The minimum atomic E-state index is -0.491. The van der Waals surface area contributed by atoms with Gasteiger partial charge in [0.1, 0.15) is 17.3 Å². The summed E-state index contributed by atoms with van der Waals surface area (Å²) in [5, 5.41) is 13.7. The lowest BCUT2D eigenvalue weighted by Crippen LogP contribution is -2.12. The van der Waals surface area contributed by atoms with Crippen LogP contribution in [0.1, 0.15) is 30.1 Å². The van der Waals surface area contributed by atoms with E-state index in [4.69, 9.17) is 4.74 Å². The summed E-state index contributed by atoms with van der Waals surface area (Å²) < 4.78 is 22.4. The molecule has 2 aromatic heterocycles. The highest BCUT2D eigenvalue weighted by Gasteiger charge is 2.21. The van der Waals surface area contributed by atoms with Gasteiger partial charge in [0.15, 0.2) is 5.82 Å². The Bertz CT molecular complexity index is 1010. The molecule has 9 heteroatoms. The molecule has 29 heavy (non-hydrogen) atoms. The van der Waals surface area contributed by atoms with Gasteiger partial charge in [0.25, 0.3) is 0 Å². The van der Waals surface area contributed by atoms with Crippen molar-refractivity contribution < 1.29 is 9.13 Å². The smallest absolute Gasteiger partial charge is 0.229 e.